The Kier molecular flexibility index (Phi) is 5.28. The molecule has 1 aromatic carbocycles. The summed E-state index contributed by atoms with van der Waals surface area (Å²) in [5.41, 5.74) is 6.19. The van der Waals surface area contributed by atoms with E-state index >= 15 is 0 Å². The van der Waals surface area contributed by atoms with Gasteiger partial charge >= 0.3 is 6.36 Å². The van der Waals surface area contributed by atoms with Gasteiger partial charge < -0.3 is 15.4 Å². The van der Waals surface area contributed by atoms with E-state index in [0.29, 0.717) is 18.7 Å². The average Bonchev–Trinajstić information content (AvgIpc) is 2.44. The van der Waals surface area contributed by atoms with Gasteiger partial charge in [0.1, 0.15) is 5.75 Å². The Labute approximate surface area is 127 Å². The van der Waals surface area contributed by atoms with E-state index in [4.69, 9.17) is 5.73 Å². The number of carbonyl (C=O) groups excluding carboxylic acids is 1. The molecule has 0 saturated carbocycles. The molecule has 1 heterocycles. The molecule has 7 heteroatoms. The average molecular weight is 316 g/mol. The normalized spacial score (nSPS) is 19.1. The molecule has 22 heavy (non-hydrogen) atoms. The Balaban J connectivity index is 1.95. The number of likely N-dealkylation sites (tertiary alicyclic amines) is 1. The molecule has 4 nitrogen and oxygen atoms in total. The van der Waals surface area contributed by atoms with Gasteiger partial charge in [-0.3, -0.25) is 4.79 Å². The molecular weight excluding hydrogens is 297 g/mol. The number of alkyl halides is 3. The van der Waals surface area contributed by atoms with E-state index in [0.717, 1.165) is 12.8 Å². The second-order valence-corrected chi connectivity index (χ2v) is 5.40. The van der Waals surface area contributed by atoms with Crippen LogP contribution in [0.15, 0.2) is 24.3 Å². The molecule has 1 atom stereocenters. The number of halogens is 3. The van der Waals surface area contributed by atoms with Crippen molar-refractivity contribution in [2.24, 2.45) is 5.73 Å². The minimum absolute atomic E-state index is 0.0152. The number of nitrogens with zero attached hydrogens (tertiary/aromatic N) is 1. The van der Waals surface area contributed by atoms with Crippen LogP contribution in [-0.4, -0.2) is 36.3 Å². The van der Waals surface area contributed by atoms with Gasteiger partial charge in [0.25, 0.3) is 0 Å². The van der Waals surface area contributed by atoms with Gasteiger partial charge in [0.15, 0.2) is 0 Å². The number of aryl methyl sites for hydroxylation is 1. The number of benzene rings is 1. The third kappa shape index (κ3) is 4.91. The molecule has 1 aromatic rings. The summed E-state index contributed by atoms with van der Waals surface area (Å²) in [5, 5.41) is 0. The van der Waals surface area contributed by atoms with E-state index < -0.39 is 6.36 Å². The monoisotopic (exact) mass is 316 g/mol. The highest BCUT2D eigenvalue weighted by atomic mass is 19.4. The molecule has 0 unspecified atom stereocenters. The highest BCUT2D eigenvalue weighted by Gasteiger charge is 2.32. The van der Waals surface area contributed by atoms with Gasteiger partial charge in [0.05, 0.1) is 0 Å². The van der Waals surface area contributed by atoms with Crippen molar-refractivity contribution in [3.63, 3.8) is 0 Å². The van der Waals surface area contributed by atoms with Crippen LogP contribution in [0.2, 0.25) is 0 Å². The second-order valence-electron chi connectivity index (χ2n) is 5.40. The van der Waals surface area contributed by atoms with Crippen LogP contribution >= 0.6 is 0 Å². The van der Waals surface area contributed by atoms with Crippen molar-refractivity contribution in [1.29, 1.82) is 0 Å². The number of amides is 1. The number of nitrogens with two attached hydrogens (primary N) is 1. The number of piperidine rings is 1. The second kappa shape index (κ2) is 7.00. The summed E-state index contributed by atoms with van der Waals surface area (Å²) >= 11 is 0. The zero-order chi connectivity index (χ0) is 16.2. The Morgan fingerprint density at radius 3 is 2.77 bits per heavy atom. The zero-order valence-electron chi connectivity index (χ0n) is 12.1. The van der Waals surface area contributed by atoms with Gasteiger partial charge in [-0.15, -0.1) is 13.2 Å². The van der Waals surface area contributed by atoms with Gasteiger partial charge in [-0.05, 0) is 30.9 Å². The Morgan fingerprint density at radius 2 is 2.09 bits per heavy atom. The third-order valence-electron chi connectivity index (χ3n) is 3.62. The minimum atomic E-state index is -4.74. The van der Waals surface area contributed by atoms with Gasteiger partial charge in [0, 0.05) is 25.6 Å². The lowest BCUT2D eigenvalue weighted by Crippen LogP contribution is -2.45. The van der Waals surface area contributed by atoms with Crippen molar-refractivity contribution in [3.05, 3.63) is 29.8 Å². The summed E-state index contributed by atoms with van der Waals surface area (Å²) in [6, 6.07) is 5.87. The number of hydrogen-bond donors (Lipinski definition) is 1. The van der Waals surface area contributed by atoms with E-state index in [-0.39, 0.29) is 30.5 Å². The predicted octanol–water partition coefficient (Wildman–Crippen LogP) is 2.47. The quantitative estimate of drug-likeness (QED) is 0.928. The lowest BCUT2D eigenvalue weighted by molar-refractivity contribution is -0.274. The smallest absolute Gasteiger partial charge is 0.406 e. The van der Waals surface area contributed by atoms with Crippen LogP contribution in [0, 0.1) is 0 Å². The number of carbonyl (C=O) groups is 1. The molecule has 0 bridgehead atoms. The first kappa shape index (κ1) is 16.6. The molecule has 1 aliphatic rings. The van der Waals surface area contributed by atoms with Gasteiger partial charge in [-0.1, -0.05) is 18.2 Å². The SMILES string of the molecule is N[C@@H]1CCCN(C(=O)CCc2ccccc2OC(F)(F)F)C1. The summed E-state index contributed by atoms with van der Waals surface area (Å²) in [6.45, 7) is 1.17. The highest BCUT2D eigenvalue weighted by Crippen LogP contribution is 2.27. The molecule has 0 aromatic heterocycles. The summed E-state index contributed by atoms with van der Waals surface area (Å²) in [6.07, 6.45) is -2.63. The maximum absolute atomic E-state index is 12.3. The first-order valence-corrected chi connectivity index (χ1v) is 7.22. The van der Waals surface area contributed by atoms with Crippen LogP contribution in [0.5, 0.6) is 5.75 Å². The van der Waals surface area contributed by atoms with Crippen molar-refractivity contribution in [2.45, 2.75) is 38.1 Å². The van der Waals surface area contributed by atoms with Crippen LogP contribution < -0.4 is 10.5 Å². The van der Waals surface area contributed by atoms with Gasteiger partial charge in [-0.2, -0.15) is 0 Å². The molecule has 1 saturated heterocycles. The molecule has 0 radical (unpaired) electrons. The zero-order valence-corrected chi connectivity index (χ0v) is 12.1. The van der Waals surface area contributed by atoms with Gasteiger partial charge in [-0.25, -0.2) is 0 Å². The van der Waals surface area contributed by atoms with Crippen LogP contribution in [0.25, 0.3) is 0 Å². The fourth-order valence-corrected chi connectivity index (χ4v) is 2.57. The lowest BCUT2D eigenvalue weighted by Gasteiger charge is -2.30. The minimum Gasteiger partial charge on any atom is -0.406 e. The van der Waals surface area contributed by atoms with E-state index in [1.165, 1.54) is 18.2 Å². The first-order valence-electron chi connectivity index (χ1n) is 7.22. The summed E-state index contributed by atoms with van der Waals surface area (Å²) < 4.78 is 41.0. The van der Waals surface area contributed by atoms with Crippen LogP contribution in [0.1, 0.15) is 24.8 Å². The van der Waals surface area contributed by atoms with Gasteiger partial charge in [0.2, 0.25) is 5.91 Å². The fourth-order valence-electron chi connectivity index (χ4n) is 2.57. The predicted molar refractivity (Wildman–Crippen MR) is 75.2 cm³/mol. The largest absolute Gasteiger partial charge is 0.573 e. The molecule has 2 rings (SSSR count). The number of ether oxygens (including phenoxy) is 1. The Morgan fingerprint density at radius 1 is 1.36 bits per heavy atom. The Bertz CT molecular complexity index is 520. The topological polar surface area (TPSA) is 55.6 Å². The van der Waals surface area contributed by atoms with E-state index in [1.54, 1.807) is 11.0 Å². The standard InChI is InChI=1S/C15H19F3N2O2/c16-15(17,18)22-13-6-2-1-4-11(13)7-8-14(21)20-9-3-5-12(19)10-20/h1-2,4,6,12H,3,5,7-10,19H2/t12-/m1/s1. The maximum Gasteiger partial charge on any atom is 0.573 e. The van der Waals surface area contributed by atoms with Crippen LogP contribution in [-0.2, 0) is 11.2 Å². The van der Waals surface area contributed by atoms with Crippen molar-refractivity contribution >= 4 is 5.91 Å². The summed E-state index contributed by atoms with van der Waals surface area (Å²) in [4.78, 5) is 13.8. The molecule has 1 aliphatic heterocycles. The molecule has 0 spiro atoms. The number of hydrogen-bond acceptors (Lipinski definition) is 3. The summed E-state index contributed by atoms with van der Waals surface area (Å²) in [5.74, 6) is -0.338. The molecule has 2 N–H and O–H groups in total. The van der Waals surface area contributed by atoms with E-state index in [1.807, 2.05) is 0 Å². The lowest BCUT2D eigenvalue weighted by atomic mass is 10.0. The molecule has 0 aliphatic carbocycles. The van der Waals surface area contributed by atoms with E-state index in [2.05, 4.69) is 4.74 Å². The fraction of sp³-hybridized carbons (Fsp3) is 0.533. The first-order chi connectivity index (χ1) is 10.3. The molecule has 122 valence electrons. The van der Waals surface area contributed by atoms with Crippen molar-refractivity contribution < 1.29 is 22.7 Å². The van der Waals surface area contributed by atoms with Crippen molar-refractivity contribution in [3.8, 4) is 5.75 Å². The highest BCUT2D eigenvalue weighted by molar-refractivity contribution is 5.76. The van der Waals surface area contributed by atoms with Crippen LogP contribution in [0.3, 0.4) is 0 Å². The van der Waals surface area contributed by atoms with Crippen LogP contribution in [0.4, 0.5) is 13.2 Å². The van der Waals surface area contributed by atoms with E-state index in [9.17, 15) is 18.0 Å². The number of rotatable bonds is 4. The maximum atomic E-state index is 12.3. The van der Waals surface area contributed by atoms with Crippen molar-refractivity contribution in [2.75, 3.05) is 13.1 Å². The summed E-state index contributed by atoms with van der Waals surface area (Å²) in [7, 11) is 0. The Hall–Kier alpha value is -1.76. The van der Waals surface area contributed by atoms with Crippen molar-refractivity contribution in [1.82, 2.24) is 4.90 Å². The third-order valence-corrected chi connectivity index (χ3v) is 3.62. The number of para-hydroxylation sites is 1. The molecular formula is C15H19F3N2O2. The molecule has 1 amide bonds. The molecule has 1 fully saturated rings.